The predicted octanol–water partition coefficient (Wildman–Crippen LogP) is 2.71. The Morgan fingerprint density at radius 3 is 2.85 bits per heavy atom. The molecule has 0 bridgehead atoms. The molecule has 4 nitrogen and oxygen atoms in total. The minimum Gasteiger partial charge on any atom is -0.476 e. The number of nitrogens with one attached hydrogen (secondary N) is 1. The summed E-state index contributed by atoms with van der Waals surface area (Å²) >= 11 is 6.12. The molecule has 5 heteroatoms. The molecule has 1 fully saturated rings. The van der Waals surface area contributed by atoms with E-state index in [-0.39, 0.29) is 0 Å². The van der Waals surface area contributed by atoms with Gasteiger partial charge in [0.1, 0.15) is 6.61 Å². The lowest BCUT2D eigenvalue weighted by Gasteiger charge is -2.26. The van der Waals surface area contributed by atoms with Crippen LogP contribution in [0.15, 0.2) is 12.1 Å². The van der Waals surface area contributed by atoms with Gasteiger partial charge in [-0.1, -0.05) is 24.9 Å². The van der Waals surface area contributed by atoms with Crippen molar-refractivity contribution in [3.8, 4) is 5.88 Å². The number of ether oxygens (including phenoxy) is 1. The van der Waals surface area contributed by atoms with E-state index in [1.807, 2.05) is 12.1 Å². The van der Waals surface area contributed by atoms with Gasteiger partial charge < -0.3 is 10.1 Å². The van der Waals surface area contributed by atoms with E-state index in [2.05, 4.69) is 22.1 Å². The third kappa shape index (κ3) is 4.93. The molecule has 1 saturated heterocycles. The van der Waals surface area contributed by atoms with E-state index < -0.39 is 0 Å². The van der Waals surface area contributed by atoms with Crippen LogP contribution >= 0.6 is 11.6 Å². The highest BCUT2D eigenvalue weighted by molar-refractivity contribution is 6.31. The zero-order valence-corrected chi connectivity index (χ0v) is 13.0. The fourth-order valence-electron chi connectivity index (χ4n) is 2.37. The summed E-state index contributed by atoms with van der Waals surface area (Å²) in [5.41, 5.74) is 0.851. The Bertz CT molecular complexity index is 408. The molecule has 1 aromatic rings. The van der Waals surface area contributed by atoms with Gasteiger partial charge in [-0.15, -0.1) is 0 Å². The molecule has 0 spiro atoms. The summed E-state index contributed by atoms with van der Waals surface area (Å²) in [6.45, 7) is 7.71. The number of halogens is 1. The quantitative estimate of drug-likeness (QED) is 0.840. The molecule has 0 atom stereocenters. The molecule has 1 N–H and O–H groups in total. The fraction of sp³-hybridized carbons (Fsp3) is 0.667. The average molecular weight is 298 g/mol. The Balaban J connectivity index is 1.79. The third-order valence-electron chi connectivity index (χ3n) is 3.54. The third-order valence-corrected chi connectivity index (χ3v) is 3.89. The lowest BCUT2D eigenvalue weighted by atomic mass is 10.1. The molecule has 2 heterocycles. The molecule has 0 unspecified atom stereocenters. The fourth-order valence-corrected chi connectivity index (χ4v) is 2.55. The highest BCUT2D eigenvalue weighted by Gasteiger charge is 2.10. The van der Waals surface area contributed by atoms with Crippen molar-refractivity contribution in [2.24, 2.45) is 0 Å². The van der Waals surface area contributed by atoms with Crippen molar-refractivity contribution in [3.63, 3.8) is 0 Å². The van der Waals surface area contributed by atoms with E-state index in [4.69, 9.17) is 16.3 Å². The van der Waals surface area contributed by atoms with Gasteiger partial charge >= 0.3 is 0 Å². The van der Waals surface area contributed by atoms with E-state index in [1.54, 1.807) is 0 Å². The summed E-state index contributed by atoms with van der Waals surface area (Å²) < 4.78 is 5.75. The molecule has 2 rings (SSSR count). The van der Waals surface area contributed by atoms with Gasteiger partial charge in [-0.3, -0.25) is 4.90 Å². The number of likely N-dealkylation sites (tertiary alicyclic amines) is 1. The van der Waals surface area contributed by atoms with Crippen molar-refractivity contribution >= 4 is 11.6 Å². The lowest BCUT2D eigenvalue weighted by Crippen LogP contribution is -2.33. The van der Waals surface area contributed by atoms with Crippen molar-refractivity contribution in [1.82, 2.24) is 15.2 Å². The van der Waals surface area contributed by atoms with E-state index in [0.29, 0.717) is 24.1 Å². The van der Waals surface area contributed by atoms with Crippen LogP contribution in [0.4, 0.5) is 0 Å². The molecule has 0 amide bonds. The van der Waals surface area contributed by atoms with Crippen LogP contribution in [-0.2, 0) is 6.54 Å². The van der Waals surface area contributed by atoms with Gasteiger partial charge in [-0.05, 0) is 38.5 Å². The Morgan fingerprint density at radius 1 is 1.30 bits per heavy atom. The Hall–Kier alpha value is -0.840. The molecule has 0 saturated carbocycles. The number of pyridine rings is 1. The van der Waals surface area contributed by atoms with Crippen molar-refractivity contribution in [3.05, 3.63) is 22.8 Å². The van der Waals surface area contributed by atoms with Crippen LogP contribution in [0.2, 0.25) is 5.02 Å². The van der Waals surface area contributed by atoms with Crippen LogP contribution in [0.3, 0.4) is 0 Å². The molecular weight excluding hydrogens is 274 g/mol. The second-order valence-corrected chi connectivity index (χ2v) is 5.52. The Kier molecular flexibility index (Phi) is 6.57. The Labute approximate surface area is 126 Å². The second-order valence-electron chi connectivity index (χ2n) is 5.11. The topological polar surface area (TPSA) is 37.4 Å². The van der Waals surface area contributed by atoms with Crippen molar-refractivity contribution in [1.29, 1.82) is 0 Å². The van der Waals surface area contributed by atoms with Crippen LogP contribution in [-0.4, -0.2) is 42.7 Å². The number of hydrogen-bond acceptors (Lipinski definition) is 4. The van der Waals surface area contributed by atoms with Crippen LogP contribution < -0.4 is 10.1 Å². The Morgan fingerprint density at radius 2 is 2.10 bits per heavy atom. The van der Waals surface area contributed by atoms with Crippen LogP contribution in [0.1, 0.15) is 31.9 Å². The van der Waals surface area contributed by atoms with Crippen LogP contribution in [0.25, 0.3) is 0 Å². The lowest BCUT2D eigenvalue weighted by molar-refractivity contribution is 0.180. The van der Waals surface area contributed by atoms with E-state index in [1.165, 1.54) is 32.4 Å². The first-order valence-corrected chi connectivity index (χ1v) is 7.88. The van der Waals surface area contributed by atoms with Gasteiger partial charge in [-0.2, -0.15) is 0 Å². The normalized spacial score (nSPS) is 16.3. The summed E-state index contributed by atoms with van der Waals surface area (Å²) in [7, 11) is 0. The zero-order valence-electron chi connectivity index (χ0n) is 12.2. The largest absolute Gasteiger partial charge is 0.476 e. The van der Waals surface area contributed by atoms with Crippen molar-refractivity contribution in [2.45, 2.75) is 32.7 Å². The van der Waals surface area contributed by atoms with E-state index in [0.717, 1.165) is 18.8 Å². The zero-order chi connectivity index (χ0) is 14.2. The van der Waals surface area contributed by atoms with Crippen LogP contribution in [0.5, 0.6) is 5.88 Å². The first-order valence-electron chi connectivity index (χ1n) is 7.51. The molecule has 1 aliphatic heterocycles. The summed E-state index contributed by atoms with van der Waals surface area (Å²) in [6, 6.07) is 3.70. The minimum atomic E-state index is 0.666. The number of nitrogens with zero attached hydrogens (tertiary/aromatic N) is 2. The maximum atomic E-state index is 6.12. The minimum absolute atomic E-state index is 0.666. The molecular formula is C15H24ClN3O. The number of rotatable bonds is 7. The first kappa shape index (κ1) is 15.5. The molecule has 1 aliphatic rings. The van der Waals surface area contributed by atoms with Gasteiger partial charge in [0.05, 0.1) is 10.7 Å². The first-order chi connectivity index (χ1) is 9.79. The van der Waals surface area contributed by atoms with E-state index in [9.17, 15) is 0 Å². The van der Waals surface area contributed by atoms with E-state index >= 15 is 0 Å². The van der Waals surface area contributed by atoms with Gasteiger partial charge in [0, 0.05) is 19.2 Å². The van der Waals surface area contributed by atoms with Gasteiger partial charge in [-0.25, -0.2) is 4.98 Å². The van der Waals surface area contributed by atoms with Gasteiger partial charge in [0.2, 0.25) is 5.88 Å². The molecule has 0 aliphatic carbocycles. The number of hydrogen-bond donors (Lipinski definition) is 1. The highest BCUT2D eigenvalue weighted by atomic mass is 35.5. The molecule has 0 radical (unpaired) electrons. The van der Waals surface area contributed by atoms with Gasteiger partial charge in [0.25, 0.3) is 0 Å². The van der Waals surface area contributed by atoms with Gasteiger partial charge in [0.15, 0.2) is 0 Å². The standard InChI is InChI=1S/C15H24ClN3O/c1-2-17-12-14-13(16)6-7-15(18-14)20-11-10-19-8-4-3-5-9-19/h6-7,17H,2-5,8-12H2,1H3. The molecule has 1 aromatic heterocycles. The summed E-state index contributed by atoms with van der Waals surface area (Å²) in [4.78, 5) is 6.91. The molecule has 0 aromatic carbocycles. The number of piperidine rings is 1. The maximum Gasteiger partial charge on any atom is 0.213 e. The SMILES string of the molecule is CCNCc1nc(OCCN2CCCCC2)ccc1Cl. The average Bonchev–Trinajstić information content (AvgIpc) is 2.49. The van der Waals surface area contributed by atoms with Crippen molar-refractivity contribution < 1.29 is 4.74 Å². The monoisotopic (exact) mass is 297 g/mol. The summed E-state index contributed by atoms with van der Waals surface area (Å²) in [6.07, 6.45) is 3.99. The molecule has 112 valence electrons. The predicted molar refractivity (Wildman–Crippen MR) is 82.4 cm³/mol. The summed E-state index contributed by atoms with van der Waals surface area (Å²) in [5.74, 6) is 0.666. The van der Waals surface area contributed by atoms with Crippen molar-refractivity contribution in [2.75, 3.05) is 32.8 Å². The second kappa shape index (κ2) is 8.45. The number of aromatic nitrogens is 1. The molecule has 20 heavy (non-hydrogen) atoms. The summed E-state index contributed by atoms with van der Waals surface area (Å²) in [5, 5.41) is 3.92. The maximum absolute atomic E-state index is 6.12. The smallest absolute Gasteiger partial charge is 0.213 e. The van der Waals surface area contributed by atoms with Crippen LogP contribution in [0, 0.1) is 0 Å². The highest BCUT2D eigenvalue weighted by Crippen LogP contribution is 2.18.